The summed E-state index contributed by atoms with van der Waals surface area (Å²) < 4.78 is 27.9. The minimum absolute atomic E-state index is 0.00149. The van der Waals surface area contributed by atoms with Crippen molar-refractivity contribution in [1.82, 2.24) is 19.7 Å². The maximum absolute atomic E-state index is 14.2. The van der Waals surface area contributed by atoms with Crippen molar-refractivity contribution in [2.24, 2.45) is 0 Å². The predicted molar refractivity (Wildman–Crippen MR) is 128 cm³/mol. The van der Waals surface area contributed by atoms with Crippen LogP contribution in [0.2, 0.25) is 0 Å². The molecule has 3 aromatic heterocycles. The van der Waals surface area contributed by atoms with Gasteiger partial charge >= 0.3 is 5.97 Å². The number of aromatic nitrogens is 4. The second kappa shape index (κ2) is 8.73. The minimum Gasteiger partial charge on any atom is -0.479 e. The van der Waals surface area contributed by atoms with E-state index >= 15 is 0 Å². The number of hydrogen-bond donors (Lipinski definition) is 2. The Hall–Kier alpha value is -3.30. The lowest BCUT2D eigenvalue weighted by atomic mass is 9.85. The quantitative estimate of drug-likeness (QED) is 0.445. The zero-order chi connectivity index (χ0) is 24.1. The van der Waals surface area contributed by atoms with Crippen molar-refractivity contribution in [3.05, 3.63) is 53.1 Å². The topological polar surface area (TPSA) is 102 Å². The van der Waals surface area contributed by atoms with Crippen molar-refractivity contribution in [3.63, 3.8) is 0 Å². The van der Waals surface area contributed by atoms with Crippen LogP contribution in [0.5, 0.6) is 0 Å². The molecule has 2 fully saturated rings. The highest BCUT2D eigenvalue weighted by molar-refractivity contribution is 5.93. The van der Waals surface area contributed by atoms with E-state index in [2.05, 4.69) is 20.8 Å². The van der Waals surface area contributed by atoms with Crippen LogP contribution in [0.1, 0.15) is 54.3 Å². The highest BCUT2D eigenvalue weighted by Crippen LogP contribution is 2.44. The fourth-order valence-corrected chi connectivity index (χ4v) is 5.60. The predicted octanol–water partition coefficient (Wildman–Crippen LogP) is 4.59. The fraction of sp³-hybridized carbons (Fsp3) is 0.423. The van der Waals surface area contributed by atoms with Gasteiger partial charge in [0, 0.05) is 47.4 Å². The molecule has 182 valence electrons. The van der Waals surface area contributed by atoms with E-state index < -0.39 is 12.1 Å². The van der Waals surface area contributed by atoms with E-state index in [0.29, 0.717) is 43.9 Å². The van der Waals surface area contributed by atoms with E-state index in [1.165, 1.54) is 6.07 Å². The number of carboxylic acid groups (broad SMARTS) is 1. The van der Waals surface area contributed by atoms with Crippen molar-refractivity contribution >= 4 is 28.0 Å². The Bertz CT molecular complexity index is 1410. The number of aromatic amines is 1. The number of halogens is 1. The number of nitrogens with one attached hydrogen (secondary N) is 1. The summed E-state index contributed by atoms with van der Waals surface area (Å²) in [4.78, 5) is 16.5. The Balaban J connectivity index is 1.62. The van der Waals surface area contributed by atoms with Crippen LogP contribution in [0.25, 0.3) is 27.8 Å². The first kappa shape index (κ1) is 22.2. The van der Waals surface area contributed by atoms with Gasteiger partial charge in [-0.15, -0.1) is 0 Å². The van der Waals surface area contributed by atoms with Gasteiger partial charge < -0.3 is 19.1 Å². The van der Waals surface area contributed by atoms with Gasteiger partial charge in [0.1, 0.15) is 5.82 Å². The van der Waals surface area contributed by atoms with Gasteiger partial charge in [-0.2, -0.15) is 5.10 Å². The van der Waals surface area contributed by atoms with Crippen LogP contribution >= 0.6 is 0 Å². The standard InChI is InChI=1S/C26H27FN4O4/c1-14-10-18(3-4-19(14)27)31-20-11-17-12-28-30-25(17)29-23(20)22(24(31)15-6-8-34-9-7-15)16-2-5-21(26(32)33)35-13-16/h3-4,10-12,15-16,21H,2,5-9,13H2,1H3,(H,32,33)(H,28,29,30)/t16-,21+/m1/s1. The number of aryl methyl sites for hydroxylation is 1. The van der Waals surface area contributed by atoms with E-state index in [1.54, 1.807) is 13.1 Å². The van der Waals surface area contributed by atoms with Crippen LogP contribution in [-0.4, -0.2) is 56.7 Å². The molecule has 0 spiro atoms. The first-order valence-corrected chi connectivity index (χ1v) is 12.1. The fourth-order valence-electron chi connectivity index (χ4n) is 5.60. The second-order valence-corrected chi connectivity index (χ2v) is 9.55. The summed E-state index contributed by atoms with van der Waals surface area (Å²) in [6.07, 6.45) is 3.85. The summed E-state index contributed by atoms with van der Waals surface area (Å²) in [5.74, 6) is -0.933. The van der Waals surface area contributed by atoms with E-state index in [9.17, 15) is 14.3 Å². The normalized spacial score (nSPS) is 21.7. The summed E-state index contributed by atoms with van der Waals surface area (Å²) in [6.45, 7) is 3.44. The number of aliphatic carboxylic acids is 1. The average Bonchev–Trinajstić information content (AvgIpc) is 3.46. The molecular weight excluding hydrogens is 451 g/mol. The Labute approximate surface area is 201 Å². The molecule has 35 heavy (non-hydrogen) atoms. The molecule has 2 aliphatic heterocycles. The molecule has 2 atom stereocenters. The Kier molecular flexibility index (Phi) is 5.53. The number of benzene rings is 1. The zero-order valence-electron chi connectivity index (χ0n) is 19.5. The first-order chi connectivity index (χ1) is 17.0. The molecular formula is C26H27FN4O4. The third-order valence-electron chi connectivity index (χ3n) is 7.39. The number of H-pyrrole nitrogens is 1. The van der Waals surface area contributed by atoms with E-state index in [4.69, 9.17) is 14.5 Å². The summed E-state index contributed by atoms with van der Waals surface area (Å²) in [7, 11) is 0. The van der Waals surface area contributed by atoms with Crippen molar-refractivity contribution in [3.8, 4) is 5.69 Å². The molecule has 0 bridgehead atoms. The van der Waals surface area contributed by atoms with Gasteiger partial charge in [-0.1, -0.05) is 0 Å². The highest BCUT2D eigenvalue weighted by Gasteiger charge is 2.35. The molecule has 4 aromatic rings. The lowest BCUT2D eigenvalue weighted by Gasteiger charge is -2.30. The van der Waals surface area contributed by atoms with Gasteiger partial charge in [-0.3, -0.25) is 5.10 Å². The molecule has 0 saturated carbocycles. The molecule has 0 aliphatic carbocycles. The van der Waals surface area contributed by atoms with Gasteiger partial charge in [0.15, 0.2) is 11.8 Å². The van der Waals surface area contributed by atoms with Crippen molar-refractivity contribution in [2.45, 2.75) is 50.5 Å². The van der Waals surface area contributed by atoms with Crippen molar-refractivity contribution < 1.29 is 23.8 Å². The third kappa shape index (κ3) is 3.79. The number of fused-ring (bicyclic) bond motifs is 2. The smallest absolute Gasteiger partial charge is 0.332 e. The summed E-state index contributed by atoms with van der Waals surface area (Å²) in [5.41, 5.74) is 6.18. The number of ether oxygens (including phenoxy) is 2. The number of carbonyl (C=O) groups is 1. The SMILES string of the molecule is Cc1cc(-n2c(C3CCOCC3)c([C@@H]3CC[C@@H](C(=O)O)OC3)c3nc4[nH]ncc4cc32)ccc1F. The molecule has 5 heterocycles. The summed E-state index contributed by atoms with van der Waals surface area (Å²) in [5, 5.41) is 17.5. The maximum Gasteiger partial charge on any atom is 0.332 e. The highest BCUT2D eigenvalue weighted by atomic mass is 19.1. The summed E-state index contributed by atoms with van der Waals surface area (Å²) >= 11 is 0. The number of nitrogens with zero attached hydrogens (tertiary/aromatic N) is 3. The molecule has 1 aromatic carbocycles. The largest absolute Gasteiger partial charge is 0.479 e. The van der Waals surface area contributed by atoms with Crippen LogP contribution < -0.4 is 0 Å². The van der Waals surface area contributed by atoms with E-state index in [1.807, 2.05) is 12.1 Å². The van der Waals surface area contributed by atoms with Crippen LogP contribution in [0.3, 0.4) is 0 Å². The molecule has 2 saturated heterocycles. The van der Waals surface area contributed by atoms with Crippen LogP contribution in [0.4, 0.5) is 4.39 Å². The van der Waals surface area contributed by atoms with Gasteiger partial charge in [-0.25, -0.2) is 14.2 Å². The van der Waals surface area contributed by atoms with Gasteiger partial charge in [0.2, 0.25) is 0 Å². The molecule has 2 aliphatic rings. The van der Waals surface area contributed by atoms with Crippen molar-refractivity contribution in [1.29, 1.82) is 0 Å². The number of hydrogen-bond acceptors (Lipinski definition) is 5. The number of pyridine rings is 1. The molecule has 8 nitrogen and oxygen atoms in total. The average molecular weight is 479 g/mol. The maximum atomic E-state index is 14.2. The van der Waals surface area contributed by atoms with Gasteiger partial charge in [0.25, 0.3) is 0 Å². The third-order valence-corrected chi connectivity index (χ3v) is 7.39. The zero-order valence-corrected chi connectivity index (χ0v) is 19.5. The number of carboxylic acids is 1. The second-order valence-electron chi connectivity index (χ2n) is 9.55. The monoisotopic (exact) mass is 478 g/mol. The minimum atomic E-state index is -0.922. The molecule has 0 unspecified atom stereocenters. The van der Waals surface area contributed by atoms with Crippen LogP contribution in [0, 0.1) is 12.7 Å². The Morgan fingerprint density at radius 2 is 2.00 bits per heavy atom. The van der Waals surface area contributed by atoms with E-state index in [-0.39, 0.29) is 17.7 Å². The lowest BCUT2D eigenvalue weighted by molar-refractivity contribution is -0.153. The molecule has 0 amide bonds. The van der Waals surface area contributed by atoms with Crippen molar-refractivity contribution in [2.75, 3.05) is 19.8 Å². The van der Waals surface area contributed by atoms with Crippen LogP contribution in [0.15, 0.2) is 30.5 Å². The first-order valence-electron chi connectivity index (χ1n) is 12.1. The van der Waals surface area contributed by atoms with Gasteiger partial charge in [0.05, 0.1) is 23.8 Å². The lowest BCUT2D eigenvalue weighted by Crippen LogP contribution is -2.32. The number of rotatable bonds is 4. The molecule has 2 N–H and O–H groups in total. The van der Waals surface area contributed by atoms with E-state index in [0.717, 1.165) is 46.2 Å². The Morgan fingerprint density at radius 1 is 1.17 bits per heavy atom. The van der Waals surface area contributed by atoms with Crippen LogP contribution in [-0.2, 0) is 14.3 Å². The molecule has 0 radical (unpaired) electrons. The molecule has 6 rings (SSSR count). The Morgan fingerprint density at radius 3 is 2.71 bits per heavy atom. The van der Waals surface area contributed by atoms with Gasteiger partial charge in [-0.05, 0) is 62.4 Å². The molecule has 9 heteroatoms. The summed E-state index contributed by atoms with van der Waals surface area (Å²) in [6, 6.07) is 7.27.